The summed E-state index contributed by atoms with van der Waals surface area (Å²) in [6, 6.07) is 7.06. The highest BCUT2D eigenvalue weighted by Crippen LogP contribution is 2.47. The van der Waals surface area contributed by atoms with Crippen LogP contribution in [0.4, 0.5) is 0 Å². The van der Waals surface area contributed by atoms with E-state index in [2.05, 4.69) is 0 Å². The first kappa shape index (κ1) is 20.7. The van der Waals surface area contributed by atoms with Crippen molar-refractivity contribution < 1.29 is 45.3 Å². The molecule has 1 aliphatic heterocycles. The Bertz CT molecular complexity index is 987. The third-order valence-electron chi connectivity index (χ3n) is 5.85. The van der Waals surface area contributed by atoms with Gasteiger partial charge >= 0.3 is 0 Å². The van der Waals surface area contributed by atoms with E-state index >= 15 is 0 Å². The first-order chi connectivity index (χ1) is 14.3. The second-order valence-electron chi connectivity index (χ2n) is 7.58. The van der Waals surface area contributed by atoms with Crippen LogP contribution in [0.2, 0.25) is 0 Å². The Hall–Kier alpha value is -2.53. The predicted octanol–water partition coefficient (Wildman–Crippen LogP) is -0.891. The normalized spacial score (nSPS) is 30.6. The molecule has 0 saturated carbocycles. The van der Waals surface area contributed by atoms with Gasteiger partial charge in [-0.05, 0) is 28.8 Å². The lowest BCUT2D eigenvalue weighted by Gasteiger charge is -2.45. The van der Waals surface area contributed by atoms with E-state index in [0.29, 0.717) is 5.56 Å². The minimum Gasteiger partial charge on any atom is -0.507 e. The number of aliphatic hydroxyl groups is 5. The van der Waals surface area contributed by atoms with E-state index in [0.717, 1.165) is 0 Å². The Morgan fingerprint density at radius 2 is 1.57 bits per heavy atom. The molecule has 1 heterocycles. The summed E-state index contributed by atoms with van der Waals surface area (Å²) in [5.74, 6) is -2.34. The third kappa shape index (κ3) is 2.99. The van der Waals surface area contributed by atoms with E-state index in [1.165, 1.54) is 24.3 Å². The fraction of sp³-hybridized carbons (Fsp3) is 0.381. The number of fused-ring (bicyclic) bond motifs is 2. The van der Waals surface area contributed by atoms with Crippen LogP contribution in [0.25, 0.3) is 0 Å². The number of aromatic hydroxyl groups is 2. The molecule has 2 aliphatic rings. The lowest BCUT2D eigenvalue weighted by atomic mass is 9.71. The van der Waals surface area contributed by atoms with Gasteiger partial charge in [0, 0.05) is 5.92 Å². The Morgan fingerprint density at radius 3 is 2.23 bits per heavy atom. The molecule has 9 heteroatoms. The molecule has 1 saturated heterocycles. The molecule has 1 aliphatic carbocycles. The molecule has 5 unspecified atom stereocenters. The Balaban J connectivity index is 1.96. The van der Waals surface area contributed by atoms with E-state index in [4.69, 9.17) is 4.74 Å². The maximum absolute atomic E-state index is 13.1. The summed E-state index contributed by atoms with van der Waals surface area (Å²) in [5.41, 5.74) is 0.609. The van der Waals surface area contributed by atoms with Crippen molar-refractivity contribution in [3.05, 3.63) is 58.1 Å². The van der Waals surface area contributed by atoms with Gasteiger partial charge in [0.15, 0.2) is 0 Å². The smallest absolute Gasteiger partial charge is 0.201 e. The van der Waals surface area contributed by atoms with Crippen molar-refractivity contribution in [3.63, 3.8) is 0 Å². The lowest BCUT2D eigenvalue weighted by Crippen LogP contribution is -2.60. The molecule has 160 valence electrons. The maximum Gasteiger partial charge on any atom is 0.201 e. The highest BCUT2D eigenvalue weighted by atomic mass is 16.5. The topological polar surface area (TPSA) is 168 Å². The van der Waals surface area contributed by atoms with E-state index in [1.807, 2.05) is 0 Å². The Labute approximate surface area is 171 Å². The second-order valence-corrected chi connectivity index (χ2v) is 7.58. The predicted molar refractivity (Wildman–Crippen MR) is 101 cm³/mol. The highest BCUT2D eigenvalue weighted by molar-refractivity contribution is 6.16. The molecule has 0 radical (unpaired) electrons. The average Bonchev–Trinajstić information content (AvgIpc) is 2.73. The van der Waals surface area contributed by atoms with E-state index < -0.39 is 61.2 Å². The number of rotatable bonds is 3. The molecular weight excluding hydrogens is 396 g/mol. The summed E-state index contributed by atoms with van der Waals surface area (Å²) in [6.07, 6.45) is -7.22. The van der Waals surface area contributed by atoms with Crippen LogP contribution in [-0.2, 0) is 11.3 Å². The molecule has 7 N–H and O–H groups in total. The van der Waals surface area contributed by atoms with Gasteiger partial charge in [0.1, 0.15) is 35.9 Å². The van der Waals surface area contributed by atoms with E-state index in [9.17, 15) is 40.5 Å². The molecule has 30 heavy (non-hydrogen) atoms. The molecule has 4 rings (SSSR count). The molecule has 0 aromatic heterocycles. The highest BCUT2D eigenvalue weighted by Gasteiger charge is 2.50. The van der Waals surface area contributed by atoms with Crippen molar-refractivity contribution >= 4 is 5.78 Å². The molecular formula is C21H22O9. The SMILES string of the molecule is O=C1c2c(O)cccc2C(C2OC(CO)[C@@H](O)C(O)C2O)c2cc(CO)cc(O)c21. The summed E-state index contributed by atoms with van der Waals surface area (Å²) in [7, 11) is 0. The van der Waals surface area contributed by atoms with Crippen LogP contribution in [0.3, 0.4) is 0 Å². The monoisotopic (exact) mass is 418 g/mol. The van der Waals surface area contributed by atoms with Crippen LogP contribution in [0.5, 0.6) is 11.5 Å². The number of phenolic OH excluding ortho intramolecular Hbond substituents is 2. The standard InChI is InChI=1S/C21H22O9/c22-6-8-4-10-14(21-20(29)19(28)17(26)13(7-23)30-21)9-2-1-3-11(24)15(9)18(27)16(10)12(25)5-8/h1-5,13-14,17,19-26,28-29H,6-7H2/t13?,14?,17-,19?,20?,21?/m1/s1. The average molecular weight is 418 g/mol. The van der Waals surface area contributed by atoms with Crippen LogP contribution in [-0.4, -0.2) is 78.7 Å². The van der Waals surface area contributed by atoms with E-state index in [-0.39, 0.29) is 28.0 Å². The largest absolute Gasteiger partial charge is 0.507 e. The third-order valence-corrected chi connectivity index (χ3v) is 5.85. The number of ether oxygens (including phenoxy) is 1. The minimum absolute atomic E-state index is 0.0843. The van der Waals surface area contributed by atoms with Gasteiger partial charge in [-0.3, -0.25) is 4.79 Å². The zero-order chi connectivity index (χ0) is 21.7. The van der Waals surface area contributed by atoms with Crippen LogP contribution >= 0.6 is 0 Å². The minimum atomic E-state index is -1.64. The van der Waals surface area contributed by atoms with Gasteiger partial charge in [0.25, 0.3) is 0 Å². The van der Waals surface area contributed by atoms with Crippen molar-refractivity contribution in [2.75, 3.05) is 6.61 Å². The van der Waals surface area contributed by atoms with Crippen LogP contribution in [0.15, 0.2) is 30.3 Å². The number of aliphatic hydroxyl groups excluding tert-OH is 5. The summed E-state index contributed by atoms with van der Waals surface area (Å²) in [4.78, 5) is 13.1. The number of carbonyl (C=O) groups excluding carboxylic acids is 1. The lowest BCUT2D eigenvalue weighted by molar-refractivity contribution is -0.232. The molecule has 2 aromatic carbocycles. The fourth-order valence-corrected chi connectivity index (χ4v) is 4.41. The van der Waals surface area contributed by atoms with Gasteiger partial charge in [-0.2, -0.15) is 0 Å². The van der Waals surface area contributed by atoms with Gasteiger partial charge < -0.3 is 40.5 Å². The Kier molecular flexibility index (Phi) is 5.27. The number of ketones is 1. The fourth-order valence-electron chi connectivity index (χ4n) is 4.41. The van der Waals surface area contributed by atoms with Gasteiger partial charge in [0.05, 0.1) is 30.4 Å². The molecule has 0 spiro atoms. The number of hydrogen-bond donors (Lipinski definition) is 7. The summed E-state index contributed by atoms with van der Waals surface area (Å²) < 4.78 is 5.73. The number of benzene rings is 2. The first-order valence-electron chi connectivity index (χ1n) is 9.43. The number of hydrogen-bond acceptors (Lipinski definition) is 9. The summed E-state index contributed by atoms with van der Waals surface area (Å²) in [5, 5.41) is 71.0. The van der Waals surface area contributed by atoms with Crippen molar-refractivity contribution in [3.8, 4) is 11.5 Å². The van der Waals surface area contributed by atoms with Gasteiger partial charge in [-0.25, -0.2) is 0 Å². The number of phenols is 2. The number of carbonyl (C=O) groups is 1. The second kappa shape index (κ2) is 7.62. The van der Waals surface area contributed by atoms with Crippen LogP contribution in [0, 0.1) is 0 Å². The molecule has 2 aromatic rings. The quantitative estimate of drug-likeness (QED) is 0.334. The molecule has 1 fully saturated rings. The molecule has 6 atom stereocenters. The zero-order valence-corrected chi connectivity index (χ0v) is 15.7. The maximum atomic E-state index is 13.1. The molecule has 0 bridgehead atoms. The van der Waals surface area contributed by atoms with E-state index in [1.54, 1.807) is 6.07 Å². The van der Waals surface area contributed by atoms with Gasteiger partial charge in [-0.15, -0.1) is 0 Å². The van der Waals surface area contributed by atoms with Crippen molar-refractivity contribution in [1.29, 1.82) is 0 Å². The summed E-state index contributed by atoms with van der Waals surface area (Å²) in [6.45, 7) is -1.06. The van der Waals surface area contributed by atoms with Crippen LogP contribution in [0.1, 0.15) is 38.5 Å². The first-order valence-corrected chi connectivity index (χ1v) is 9.43. The van der Waals surface area contributed by atoms with Crippen molar-refractivity contribution in [1.82, 2.24) is 0 Å². The van der Waals surface area contributed by atoms with Gasteiger partial charge in [-0.1, -0.05) is 18.2 Å². The summed E-state index contributed by atoms with van der Waals surface area (Å²) >= 11 is 0. The van der Waals surface area contributed by atoms with Gasteiger partial charge in [0.2, 0.25) is 5.78 Å². The molecule has 0 amide bonds. The van der Waals surface area contributed by atoms with Crippen molar-refractivity contribution in [2.24, 2.45) is 0 Å². The zero-order valence-electron chi connectivity index (χ0n) is 15.7. The van der Waals surface area contributed by atoms with Crippen molar-refractivity contribution in [2.45, 2.75) is 43.0 Å². The Morgan fingerprint density at radius 1 is 0.867 bits per heavy atom. The van der Waals surface area contributed by atoms with Crippen LogP contribution < -0.4 is 0 Å². The molecule has 9 nitrogen and oxygen atoms in total.